The van der Waals surface area contributed by atoms with E-state index in [9.17, 15) is 22.8 Å². The summed E-state index contributed by atoms with van der Waals surface area (Å²) < 4.78 is 37.6. The molecule has 1 rings (SSSR count). The molecule has 7 heteroatoms. The smallest absolute Gasteiger partial charge is 0.421 e. The van der Waals surface area contributed by atoms with Gasteiger partial charge in [-0.25, -0.2) is 0 Å². The topological polar surface area (TPSA) is 59.3 Å². The van der Waals surface area contributed by atoms with Crippen LogP contribution in [0.25, 0.3) is 0 Å². The molecule has 0 radical (unpaired) electrons. The fraction of sp³-hybridized carbons (Fsp3) is 0.333. The van der Waals surface area contributed by atoms with Crippen LogP contribution in [0.5, 0.6) is 0 Å². The SMILES string of the molecule is Cc1ccc(C(F)(F)F)c(=O)n1CC(=O)O. The largest absolute Gasteiger partial charge is 0.480 e. The van der Waals surface area contributed by atoms with Gasteiger partial charge in [0.1, 0.15) is 12.1 Å². The van der Waals surface area contributed by atoms with Crippen molar-refractivity contribution in [3.05, 3.63) is 33.7 Å². The third-order valence-electron chi connectivity index (χ3n) is 1.99. The van der Waals surface area contributed by atoms with Gasteiger partial charge < -0.3 is 9.67 Å². The van der Waals surface area contributed by atoms with E-state index in [-0.39, 0.29) is 5.69 Å². The fourth-order valence-corrected chi connectivity index (χ4v) is 1.22. The summed E-state index contributed by atoms with van der Waals surface area (Å²) in [7, 11) is 0. The number of alkyl halides is 3. The molecule has 0 saturated carbocycles. The number of hydrogen-bond acceptors (Lipinski definition) is 2. The lowest BCUT2D eigenvalue weighted by Gasteiger charge is -2.11. The Labute approximate surface area is 87.9 Å². The molecule has 0 amide bonds. The molecule has 0 aromatic carbocycles. The van der Waals surface area contributed by atoms with Crippen LogP contribution in [0.2, 0.25) is 0 Å². The van der Waals surface area contributed by atoms with Crippen LogP contribution < -0.4 is 5.56 Å². The second-order valence-electron chi connectivity index (χ2n) is 3.17. The Balaban J connectivity index is 3.39. The highest BCUT2D eigenvalue weighted by atomic mass is 19.4. The maximum Gasteiger partial charge on any atom is 0.421 e. The number of carboxylic acid groups (broad SMARTS) is 1. The van der Waals surface area contributed by atoms with Crippen molar-refractivity contribution < 1.29 is 23.1 Å². The molecule has 0 saturated heterocycles. The molecule has 1 aromatic rings. The van der Waals surface area contributed by atoms with Gasteiger partial charge in [-0.15, -0.1) is 0 Å². The van der Waals surface area contributed by atoms with Crippen molar-refractivity contribution in [2.45, 2.75) is 19.6 Å². The number of carbonyl (C=O) groups is 1. The van der Waals surface area contributed by atoms with E-state index in [4.69, 9.17) is 5.11 Å². The van der Waals surface area contributed by atoms with Crippen molar-refractivity contribution in [2.75, 3.05) is 0 Å². The molecule has 0 bridgehead atoms. The van der Waals surface area contributed by atoms with Crippen molar-refractivity contribution in [2.24, 2.45) is 0 Å². The van der Waals surface area contributed by atoms with Crippen LogP contribution in [0.4, 0.5) is 13.2 Å². The Kier molecular flexibility index (Phi) is 3.06. The number of aryl methyl sites for hydroxylation is 1. The molecule has 0 atom stereocenters. The molecule has 0 aliphatic carbocycles. The van der Waals surface area contributed by atoms with E-state index in [0.717, 1.165) is 6.07 Å². The van der Waals surface area contributed by atoms with E-state index in [1.54, 1.807) is 0 Å². The lowest BCUT2D eigenvalue weighted by molar-refractivity contribution is -0.141. The maximum atomic E-state index is 12.3. The molecule has 16 heavy (non-hydrogen) atoms. The number of halogens is 3. The molecular weight excluding hydrogens is 227 g/mol. The minimum Gasteiger partial charge on any atom is -0.480 e. The van der Waals surface area contributed by atoms with Gasteiger partial charge in [0, 0.05) is 5.69 Å². The number of rotatable bonds is 2. The zero-order valence-corrected chi connectivity index (χ0v) is 8.21. The molecule has 1 heterocycles. The fourth-order valence-electron chi connectivity index (χ4n) is 1.22. The number of hydrogen-bond donors (Lipinski definition) is 1. The second kappa shape index (κ2) is 3.99. The molecule has 0 aliphatic rings. The van der Waals surface area contributed by atoms with Crippen LogP contribution >= 0.6 is 0 Å². The first-order valence-corrected chi connectivity index (χ1v) is 4.23. The summed E-state index contributed by atoms with van der Waals surface area (Å²) in [6.07, 6.45) is -4.77. The highest BCUT2D eigenvalue weighted by molar-refractivity contribution is 5.66. The first-order chi connectivity index (χ1) is 7.23. The van der Waals surface area contributed by atoms with Crippen LogP contribution in [0, 0.1) is 6.92 Å². The van der Waals surface area contributed by atoms with Crippen LogP contribution in [-0.2, 0) is 17.5 Å². The third kappa shape index (κ3) is 2.41. The summed E-state index contributed by atoms with van der Waals surface area (Å²) in [5, 5.41) is 8.47. The van der Waals surface area contributed by atoms with Gasteiger partial charge >= 0.3 is 12.1 Å². The molecule has 0 spiro atoms. The number of nitrogens with zero attached hydrogens (tertiary/aromatic N) is 1. The molecule has 1 aromatic heterocycles. The number of carboxylic acids is 1. The summed E-state index contributed by atoms with van der Waals surface area (Å²) in [6.45, 7) is 0.582. The maximum absolute atomic E-state index is 12.3. The summed E-state index contributed by atoms with van der Waals surface area (Å²) in [6, 6.07) is 1.71. The standard InChI is InChI=1S/C9H8F3NO3/c1-5-2-3-6(9(10,11)12)8(16)13(5)4-7(14)15/h2-3H,4H2,1H3,(H,14,15). The van der Waals surface area contributed by atoms with Crippen molar-refractivity contribution in [3.63, 3.8) is 0 Å². The van der Waals surface area contributed by atoms with Crippen molar-refractivity contribution >= 4 is 5.97 Å². The first kappa shape index (κ1) is 12.3. The summed E-state index contributed by atoms with van der Waals surface area (Å²) in [5.41, 5.74) is -2.53. The highest BCUT2D eigenvalue weighted by Crippen LogP contribution is 2.26. The molecule has 0 unspecified atom stereocenters. The molecular formula is C9H8F3NO3. The summed E-state index contributed by atoms with van der Waals surface area (Å²) >= 11 is 0. The van der Waals surface area contributed by atoms with Gasteiger partial charge in [-0.1, -0.05) is 0 Å². The molecule has 0 fully saturated rings. The number of pyridine rings is 1. The van der Waals surface area contributed by atoms with E-state index in [1.165, 1.54) is 6.92 Å². The minimum absolute atomic E-state index is 0.167. The summed E-state index contributed by atoms with van der Waals surface area (Å²) in [4.78, 5) is 21.7. The van der Waals surface area contributed by atoms with Crippen LogP contribution in [0.1, 0.15) is 11.3 Å². The molecule has 88 valence electrons. The van der Waals surface area contributed by atoms with E-state index in [2.05, 4.69) is 0 Å². The number of aromatic nitrogens is 1. The lowest BCUT2D eigenvalue weighted by Crippen LogP contribution is -2.31. The van der Waals surface area contributed by atoms with Crippen molar-refractivity contribution in [3.8, 4) is 0 Å². The normalized spacial score (nSPS) is 11.5. The Morgan fingerprint density at radius 2 is 2.00 bits per heavy atom. The second-order valence-corrected chi connectivity index (χ2v) is 3.17. The monoisotopic (exact) mass is 235 g/mol. The predicted molar refractivity (Wildman–Crippen MR) is 48.1 cm³/mol. The van der Waals surface area contributed by atoms with Crippen LogP contribution in [0.15, 0.2) is 16.9 Å². The molecule has 0 aliphatic heterocycles. The highest BCUT2D eigenvalue weighted by Gasteiger charge is 2.34. The molecule has 1 N–H and O–H groups in total. The van der Waals surface area contributed by atoms with Gasteiger partial charge in [0.25, 0.3) is 5.56 Å². The van der Waals surface area contributed by atoms with Gasteiger partial charge in [0.15, 0.2) is 0 Å². The van der Waals surface area contributed by atoms with Crippen molar-refractivity contribution in [1.29, 1.82) is 0 Å². The summed E-state index contributed by atoms with van der Waals surface area (Å²) in [5.74, 6) is -1.37. The average molecular weight is 235 g/mol. The van der Waals surface area contributed by atoms with E-state index in [1.807, 2.05) is 0 Å². The average Bonchev–Trinajstić information content (AvgIpc) is 2.09. The van der Waals surface area contributed by atoms with Crippen LogP contribution in [0.3, 0.4) is 0 Å². The molecule has 4 nitrogen and oxygen atoms in total. The Hall–Kier alpha value is -1.79. The zero-order valence-electron chi connectivity index (χ0n) is 8.21. The number of aliphatic carboxylic acids is 1. The Morgan fingerprint density at radius 3 is 2.44 bits per heavy atom. The van der Waals surface area contributed by atoms with Crippen molar-refractivity contribution in [1.82, 2.24) is 4.57 Å². The van der Waals surface area contributed by atoms with Crippen LogP contribution in [-0.4, -0.2) is 15.6 Å². The van der Waals surface area contributed by atoms with E-state index < -0.39 is 29.8 Å². The third-order valence-corrected chi connectivity index (χ3v) is 1.99. The first-order valence-electron chi connectivity index (χ1n) is 4.23. The van der Waals surface area contributed by atoms with Gasteiger partial charge in [0.2, 0.25) is 0 Å². The quantitative estimate of drug-likeness (QED) is 0.839. The van der Waals surface area contributed by atoms with E-state index >= 15 is 0 Å². The Morgan fingerprint density at radius 1 is 1.44 bits per heavy atom. The minimum atomic E-state index is -4.77. The van der Waals surface area contributed by atoms with Gasteiger partial charge in [-0.2, -0.15) is 13.2 Å². The predicted octanol–water partition coefficient (Wildman–Crippen LogP) is 1.26. The van der Waals surface area contributed by atoms with Gasteiger partial charge in [-0.05, 0) is 19.1 Å². The Bertz CT molecular complexity index is 476. The van der Waals surface area contributed by atoms with Gasteiger partial charge in [-0.3, -0.25) is 9.59 Å². The van der Waals surface area contributed by atoms with Gasteiger partial charge in [0.05, 0.1) is 0 Å². The lowest BCUT2D eigenvalue weighted by atomic mass is 10.2. The zero-order chi connectivity index (χ0) is 12.5. The van der Waals surface area contributed by atoms with E-state index in [0.29, 0.717) is 10.6 Å².